The van der Waals surface area contributed by atoms with Crippen molar-refractivity contribution in [3.05, 3.63) is 83.6 Å². The summed E-state index contributed by atoms with van der Waals surface area (Å²) in [5.41, 5.74) is -0.690. The Bertz CT molecular complexity index is 1470. The van der Waals surface area contributed by atoms with E-state index in [4.69, 9.17) is 12.2 Å². The molecule has 0 amide bonds. The van der Waals surface area contributed by atoms with Crippen LogP contribution in [0.1, 0.15) is 113 Å². The van der Waals surface area contributed by atoms with Crippen molar-refractivity contribution in [1.82, 2.24) is 10.1 Å². The quantitative estimate of drug-likeness (QED) is 0.0439. The SMILES string of the molecule is CCCCCCCC/C=C\CCCCCCC(C(=O)[O-])c1c[n+](-c2ccc(C(F)(F)F)nc2)nc(O)c1C(=S)Nc1ccc(F)cc1. The topological polar surface area (TPSA) is 102 Å². The van der Waals surface area contributed by atoms with Gasteiger partial charge < -0.3 is 20.3 Å². The molecule has 3 aromatic rings. The number of rotatable bonds is 19. The van der Waals surface area contributed by atoms with E-state index in [0.29, 0.717) is 12.1 Å². The van der Waals surface area contributed by atoms with Gasteiger partial charge in [0.2, 0.25) is 6.20 Å². The van der Waals surface area contributed by atoms with Crippen molar-refractivity contribution in [3.63, 3.8) is 0 Å². The van der Waals surface area contributed by atoms with E-state index in [1.807, 2.05) is 0 Å². The number of aromatic hydroxyl groups is 1. The molecule has 7 nitrogen and oxygen atoms in total. The average Bonchev–Trinajstić information content (AvgIpc) is 3.03. The summed E-state index contributed by atoms with van der Waals surface area (Å²) in [6.07, 6.45) is 15.0. The average molecular weight is 675 g/mol. The zero-order valence-electron chi connectivity index (χ0n) is 26.6. The number of pyridine rings is 1. The number of carboxylic acids is 1. The van der Waals surface area contributed by atoms with Crippen LogP contribution in [0.5, 0.6) is 5.88 Å². The number of hydrogen-bond donors (Lipinski definition) is 2. The van der Waals surface area contributed by atoms with Gasteiger partial charge in [-0.3, -0.25) is 0 Å². The molecular weight excluding hydrogens is 632 g/mol. The highest BCUT2D eigenvalue weighted by atomic mass is 32.1. The Morgan fingerprint density at radius 3 is 2.17 bits per heavy atom. The molecule has 12 heteroatoms. The van der Waals surface area contributed by atoms with Gasteiger partial charge in [-0.2, -0.15) is 13.2 Å². The Labute approximate surface area is 278 Å². The van der Waals surface area contributed by atoms with Gasteiger partial charge >= 0.3 is 6.18 Å². The Morgan fingerprint density at radius 2 is 1.60 bits per heavy atom. The Hall–Kier alpha value is -3.93. The highest BCUT2D eigenvalue weighted by Crippen LogP contribution is 2.31. The Kier molecular flexibility index (Phi) is 15.2. The molecule has 1 aromatic carbocycles. The first kappa shape index (κ1) is 37.5. The molecule has 47 heavy (non-hydrogen) atoms. The number of allylic oxidation sites excluding steroid dienone is 2. The van der Waals surface area contributed by atoms with Crippen molar-refractivity contribution in [3.8, 4) is 11.6 Å². The summed E-state index contributed by atoms with van der Waals surface area (Å²) in [6.45, 7) is 2.21. The predicted molar refractivity (Wildman–Crippen MR) is 175 cm³/mol. The number of hydrogen-bond acceptors (Lipinski definition) is 6. The number of unbranched alkanes of at least 4 members (excludes halogenated alkanes) is 10. The first-order valence-corrected chi connectivity index (χ1v) is 16.5. The number of halogens is 4. The molecule has 0 saturated heterocycles. The lowest BCUT2D eigenvalue weighted by Crippen LogP contribution is -2.39. The van der Waals surface area contributed by atoms with Crippen molar-refractivity contribution in [2.24, 2.45) is 0 Å². The van der Waals surface area contributed by atoms with Crippen LogP contribution in [0.3, 0.4) is 0 Å². The van der Waals surface area contributed by atoms with Crippen molar-refractivity contribution in [2.45, 2.75) is 102 Å². The van der Waals surface area contributed by atoms with Crippen molar-refractivity contribution in [2.75, 3.05) is 5.32 Å². The van der Waals surface area contributed by atoms with Crippen LogP contribution in [0, 0.1) is 5.82 Å². The number of carbonyl (C=O) groups is 1. The second-order valence-electron chi connectivity index (χ2n) is 11.5. The third-order valence-electron chi connectivity index (χ3n) is 7.77. The second-order valence-corrected chi connectivity index (χ2v) is 11.9. The molecule has 2 heterocycles. The third-order valence-corrected chi connectivity index (χ3v) is 8.08. The van der Waals surface area contributed by atoms with Crippen LogP contribution in [-0.4, -0.2) is 26.1 Å². The summed E-state index contributed by atoms with van der Waals surface area (Å²) in [5, 5.41) is 30.4. The van der Waals surface area contributed by atoms with Crippen LogP contribution < -0.4 is 15.1 Å². The van der Waals surface area contributed by atoms with E-state index in [2.05, 4.69) is 34.5 Å². The number of nitrogens with one attached hydrogen (secondary N) is 1. The normalized spacial score (nSPS) is 12.4. The summed E-state index contributed by atoms with van der Waals surface area (Å²) in [6, 6.07) is 7.11. The predicted octanol–water partition coefficient (Wildman–Crippen LogP) is 7.89. The van der Waals surface area contributed by atoms with Crippen molar-refractivity contribution in [1.29, 1.82) is 0 Å². The molecule has 0 spiro atoms. The van der Waals surface area contributed by atoms with Crippen LogP contribution in [-0.2, 0) is 11.0 Å². The fourth-order valence-corrected chi connectivity index (χ4v) is 5.52. The highest BCUT2D eigenvalue weighted by Gasteiger charge is 2.33. The zero-order chi connectivity index (χ0) is 34.2. The maximum atomic E-state index is 13.4. The molecule has 0 bridgehead atoms. The zero-order valence-corrected chi connectivity index (χ0v) is 27.4. The summed E-state index contributed by atoms with van der Waals surface area (Å²) in [4.78, 5) is 15.8. The smallest absolute Gasteiger partial charge is 0.433 e. The lowest BCUT2D eigenvalue weighted by molar-refractivity contribution is -0.661. The first-order chi connectivity index (χ1) is 22.5. The minimum atomic E-state index is -4.66. The standard InChI is InChI=1S/C35H42F4N4O3S/c1-2-3-4-5-6-7-8-9-10-11-12-13-14-15-16-28(34(45)46)29-24-43(27-21-22-30(40-23-27)35(37,38)39)42-32(44)31(29)33(47)41-26-19-17-25(36)18-20-26/h9-10,17-24,28H,2-8,11-16H2,1H3,(H2-,41,42,44,45,46,47)/b10-9-. The molecule has 1 atom stereocenters. The van der Waals surface area contributed by atoms with E-state index in [9.17, 15) is 32.6 Å². The monoisotopic (exact) mass is 674 g/mol. The molecular formula is C35H42F4N4O3S. The molecule has 0 saturated carbocycles. The van der Waals surface area contributed by atoms with Gasteiger partial charge in [-0.15, -0.1) is 0 Å². The first-order valence-electron chi connectivity index (χ1n) is 16.1. The number of alkyl halides is 3. The molecule has 2 N–H and O–H groups in total. The number of benzene rings is 1. The van der Waals surface area contributed by atoms with Crippen molar-refractivity contribution >= 4 is 28.9 Å². The molecule has 1 unspecified atom stereocenters. The van der Waals surface area contributed by atoms with Crippen LogP contribution in [0.2, 0.25) is 0 Å². The van der Waals surface area contributed by atoms with Gasteiger partial charge in [-0.05, 0) is 67.1 Å². The number of carboxylic acid groups (broad SMARTS) is 1. The fourth-order valence-electron chi connectivity index (χ4n) is 5.19. The molecule has 254 valence electrons. The minimum absolute atomic E-state index is 0.0557. The van der Waals surface area contributed by atoms with E-state index in [-0.39, 0.29) is 28.2 Å². The van der Waals surface area contributed by atoms with E-state index in [0.717, 1.165) is 55.1 Å². The van der Waals surface area contributed by atoms with E-state index < -0.39 is 35.5 Å². The molecule has 0 aliphatic carbocycles. The number of anilines is 1. The van der Waals surface area contributed by atoms with Gasteiger partial charge in [0.1, 0.15) is 22.7 Å². The van der Waals surface area contributed by atoms with Gasteiger partial charge in [0.05, 0.1) is 5.56 Å². The van der Waals surface area contributed by atoms with E-state index in [1.54, 1.807) is 0 Å². The lowest BCUT2D eigenvalue weighted by atomic mass is 9.90. The number of thiocarbonyl (C=S) groups is 1. The number of carbonyl (C=O) groups excluding carboxylic acids is 1. The summed E-state index contributed by atoms with van der Waals surface area (Å²) in [7, 11) is 0. The Morgan fingerprint density at radius 1 is 0.979 bits per heavy atom. The largest absolute Gasteiger partial charge is 0.549 e. The van der Waals surface area contributed by atoms with Crippen LogP contribution in [0.25, 0.3) is 5.69 Å². The van der Waals surface area contributed by atoms with Crippen LogP contribution >= 0.6 is 12.2 Å². The lowest BCUT2D eigenvalue weighted by Gasteiger charge is -2.21. The summed E-state index contributed by atoms with van der Waals surface area (Å²) in [5.74, 6) is -3.76. The van der Waals surface area contributed by atoms with Crippen LogP contribution in [0.15, 0.2) is 60.9 Å². The van der Waals surface area contributed by atoms with Gasteiger partial charge in [-0.25, -0.2) is 9.37 Å². The maximum absolute atomic E-state index is 13.4. The van der Waals surface area contributed by atoms with E-state index >= 15 is 0 Å². The van der Waals surface area contributed by atoms with Gasteiger partial charge in [0.15, 0.2) is 0 Å². The van der Waals surface area contributed by atoms with E-state index in [1.165, 1.54) is 69.0 Å². The summed E-state index contributed by atoms with van der Waals surface area (Å²) >= 11 is 5.51. The van der Waals surface area contributed by atoms with Crippen LogP contribution in [0.4, 0.5) is 23.2 Å². The molecule has 0 fully saturated rings. The molecule has 3 rings (SSSR count). The number of aromatic nitrogens is 3. The highest BCUT2D eigenvalue weighted by molar-refractivity contribution is 7.81. The van der Waals surface area contributed by atoms with Gasteiger partial charge in [-0.1, -0.05) is 82.7 Å². The second kappa shape index (κ2) is 19.0. The van der Waals surface area contributed by atoms with Crippen molar-refractivity contribution < 1.29 is 37.3 Å². The summed E-state index contributed by atoms with van der Waals surface area (Å²) < 4.78 is 53.7. The maximum Gasteiger partial charge on any atom is 0.433 e. The fraction of sp³-hybridized carbons (Fsp3) is 0.457. The number of nitrogens with zero attached hydrogens (tertiary/aromatic N) is 3. The van der Waals surface area contributed by atoms with Gasteiger partial charge in [0.25, 0.3) is 11.6 Å². The molecule has 0 aliphatic heterocycles. The van der Waals surface area contributed by atoms with Gasteiger partial charge in [0, 0.05) is 34.3 Å². The molecule has 2 aromatic heterocycles. The molecule has 0 radical (unpaired) electrons. The third kappa shape index (κ3) is 12.3. The minimum Gasteiger partial charge on any atom is -0.549 e. The number of aliphatic carboxylic acids is 1. The Balaban J connectivity index is 1.72. The molecule has 0 aliphatic rings.